The van der Waals surface area contributed by atoms with E-state index in [2.05, 4.69) is 5.32 Å². The van der Waals surface area contributed by atoms with E-state index < -0.39 is 0 Å². The van der Waals surface area contributed by atoms with E-state index >= 15 is 0 Å². The predicted octanol–water partition coefficient (Wildman–Crippen LogP) is 3.66. The SMILES string of the molecule is COC1=C(NC(=O)COc2cccc3c2OC(C)(C)C3)C=CC=C(C)C1. The Morgan fingerprint density at radius 3 is 2.92 bits per heavy atom. The monoisotopic (exact) mass is 355 g/mol. The summed E-state index contributed by atoms with van der Waals surface area (Å²) in [4.78, 5) is 12.3. The Morgan fingerprint density at radius 1 is 1.35 bits per heavy atom. The van der Waals surface area contributed by atoms with Crippen LogP contribution in [0.5, 0.6) is 11.5 Å². The summed E-state index contributed by atoms with van der Waals surface area (Å²) in [5.74, 6) is 1.81. The molecule has 0 unspecified atom stereocenters. The smallest absolute Gasteiger partial charge is 0.262 e. The second kappa shape index (κ2) is 7.28. The van der Waals surface area contributed by atoms with Crippen molar-refractivity contribution >= 4 is 5.91 Å². The molecule has 2 aliphatic rings. The van der Waals surface area contributed by atoms with Crippen molar-refractivity contribution in [3.8, 4) is 11.5 Å². The van der Waals surface area contributed by atoms with Crippen LogP contribution in [0.1, 0.15) is 32.8 Å². The zero-order valence-corrected chi connectivity index (χ0v) is 15.7. The number of allylic oxidation sites excluding steroid dienone is 4. The molecule has 1 aliphatic heterocycles. The molecule has 1 N–H and O–H groups in total. The van der Waals surface area contributed by atoms with E-state index in [0.29, 0.717) is 17.9 Å². The lowest BCUT2D eigenvalue weighted by atomic mass is 10.0. The summed E-state index contributed by atoms with van der Waals surface area (Å²) in [5, 5.41) is 2.86. The summed E-state index contributed by atoms with van der Waals surface area (Å²) in [6.07, 6.45) is 7.22. The third-order valence-corrected chi connectivity index (χ3v) is 4.32. The molecule has 26 heavy (non-hydrogen) atoms. The Labute approximate surface area is 154 Å². The van der Waals surface area contributed by atoms with E-state index in [-0.39, 0.29) is 18.1 Å². The van der Waals surface area contributed by atoms with E-state index in [1.54, 1.807) is 7.11 Å². The van der Waals surface area contributed by atoms with Crippen molar-refractivity contribution in [2.75, 3.05) is 13.7 Å². The number of hydrogen-bond acceptors (Lipinski definition) is 4. The van der Waals surface area contributed by atoms with Crippen LogP contribution in [0.4, 0.5) is 0 Å². The minimum absolute atomic E-state index is 0.0962. The first-order valence-electron chi connectivity index (χ1n) is 8.72. The van der Waals surface area contributed by atoms with Crippen molar-refractivity contribution < 1.29 is 19.0 Å². The fourth-order valence-electron chi connectivity index (χ4n) is 3.13. The molecule has 1 aliphatic carbocycles. The molecule has 0 bridgehead atoms. The fourth-order valence-corrected chi connectivity index (χ4v) is 3.13. The van der Waals surface area contributed by atoms with Gasteiger partial charge in [-0.25, -0.2) is 0 Å². The number of methoxy groups -OCH3 is 1. The fraction of sp³-hybridized carbons (Fsp3) is 0.381. The largest absolute Gasteiger partial charge is 0.499 e. The minimum atomic E-state index is -0.252. The van der Waals surface area contributed by atoms with Crippen molar-refractivity contribution in [1.82, 2.24) is 5.32 Å². The molecule has 3 rings (SSSR count). The topological polar surface area (TPSA) is 56.8 Å². The molecule has 0 radical (unpaired) electrons. The maximum atomic E-state index is 12.3. The quantitative estimate of drug-likeness (QED) is 0.876. The second-order valence-electron chi connectivity index (χ2n) is 7.21. The van der Waals surface area contributed by atoms with Crippen LogP contribution in [0.15, 0.2) is 53.5 Å². The molecule has 1 amide bonds. The zero-order valence-electron chi connectivity index (χ0n) is 15.7. The van der Waals surface area contributed by atoms with Crippen LogP contribution in [0, 0.1) is 0 Å². The summed E-state index contributed by atoms with van der Waals surface area (Å²) < 4.78 is 17.1. The molecule has 138 valence electrons. The number of carbonyl (C=O) groups is 1. The van der Waals surface area contributed by atoms with Gasteiger partial charge in [-0.05, 0) is 32.9 Å². The lowest BCUT2D eigenvalue weighted by molar-refractivity contribution is -0.122. The highest BCUT2D eigenvalue weighted by Gasteiger charge is 2.32. The average molecular weight is 355 g/mol. The summed E-state index contributed by atoms with van der Waals surface area (Å²) in [6.45, 7) is 6.00. The van der Waals surface area contributed by atoms with Crippen molar-refractivity contribution in [3.63, 3.8) is 0 Å². The van der Waals surface area contributed by atoms with Gasteiger partial charge in [-0.2, -0.15) is 0 Å². The van der Waals surface area contributed by atoms with Crippen LogP contribution >= 0.6 is 0 Å². The first-order chi connectivity index (χ1) is 12.4. The Hall–Kier alpha value is -2.69. The lowest BCUT2D eigenvalue weighted by Gasteiger charge is -2.18. The predicted molar refractivity (Wildman–Crippen MR) is 100 cm³/mol. The van der Waals surface area contributed by atoms with Crippen LogP contribution < -0.4 is 14.8 Å². The van der Waals surface area contributed by atoms with Gasteiger partial charge in [0.2, 0.25) is 0 Å². The first kappa shape index (κ1) is 18.1. The number of amides is 1. The normalized spacial score (nSPS) is 17.8. The van der Waals surface area contributed by atoms with Crippen LogP contribution in [-0.2, 0) is 16.0 Å². The molecule has 1 aromatic carbocycles. The van der Waals surface area contributed by atoms with Crippen LogP contribution in [0.25, 0.3) is 0 Å². The number of hydrogen-bond donors (Lipinski definition) is 1. The molecule has 1 heterocycles. The van der Waals surface area contributed by atoms with Gasteiger partial charge < -0.3 is 19.5 Å². The highest BCUT2D eigenvalue weighted by atomic mass is 16.5. The van der Waals surface area contributed by atoms with Crippen molar-refractivity contribution in [2.24, 2.45) is 0 Å². The third-order valence-electron chi connectivity index (χ3n) is 4.32. The van der Waals surface area contributed by atoms with Gasteiger partial charge in [0.1, 0.15) is 11.4 Å². The number of ether oxygens (including phenoxy) is 3. The van der Waals surface area contributed by atoms with Crippen LogP contribution in [0.3, 0.4) is 0 Å². The Kier molecular flexibility index (Phi) is 5.07. The van der Waals surface area contributed by atoms with Gasteiger partial charge in [0.25, 0.3) is 5.91 Å². The summed E-state index contributed by atoms with van der Waals surface area (Å²) in [7, 11) is 1.61. The number of carbonyl (C=O) groups excluding carboxylic acids is 1. The number of benzene rings is 1. The van der Waals surface area contributed by atoms with Crippen molar-refractivity contribution in [1.29, 1.82) is 0 Å². The minimum Gasteiger partial charge on any atom is -0.499 e. The standard InChI is InChI=1S/C21H25NO4/c1-14-7-5-9-16(18(11-14)24-4)22-19(23)13-25-17-10-6-8-15-12-21(2,3)26-20(15)17/h5-10H,11-13H2,1-4H3,(H,22,23). The molecule has 0 fully saturated rings. The van der Waals surface area contributed by atoms with Gasteiger partial charge in [0.15, 0.2) is 18.1 Å². The number of fused-ring (bicyclic) bond motifs is 1. The third kappa shape index (κ3) is 4.10. The van der Waals surface area contributed by atoms with Crippen LogP contribution in [0.2, 0.25) is 0 Å². The van der Waals surface area contributed by atoms with E-state index in [1.165, 1.54) is 5.57 Å². The molecule has 0 atom stereocenters. The van der Waals surface area contributed by atoms with E-state index in [0.717, 1.165) is 23.5 Å². The number of nitrogens with one attached hydrogen (secondary N) is 1. The summed E-state index contributed by atoms with van der Waals surface area (Å²) in [6, 6.07) is 5.77. The molecule has 5 nitrogen and oxygen atoms in total. The van der Waals surface area contributed by atoms with Gasteiger partial charge in [0, 0.05) is 18.4 Å². The Balaban J connectivity index is 1.65. The molecular formula is C21H25NO4. The number of para-hydroxylation sites is 1. The maximum Gasteiger partial charge on any atom is 0.262 e. The van der Waals surface area contributed by atoms with E-state index in [9.17, 15) is 4.79 Å². The van der Waals surface area contributed by atoms with E-state index in [1.807, 2.05) is 57.2 Å². The lowest BCUT2D eigenvalue weighted by Crippen LogP contribution is -2.29. The zero-order chi connectivity index (χ0) is 18.7. The summed E-state index contributed by atoms with van der Waals surface area (Å²) in [5.41, 5.74) is 2.67. The van der Waals surface area contributed by atoms with E-state index in [4.69, 9.17) is 14.2 Å². The Bertz CT molecular complexity index is 802. The van der Waals surface area contributed by atoms with Gasteiger partial charge >= 0.3 is 0 Å². The maximum absolute atomic E-state index is 12.3. The average Bonchev–Trinajstić information content (AvgIpc) is 2.80. The highest BCUT2D eigenvalue weighted by molar-refractivity contribution is 5.80. The molecule has 5 heteroatoms. The number of rotatable bonds is 5. The highest BCUT2D eigenvalue weighted by Crippen LogP contribution is 2.41. The molecule has 1 aromatic rings. The summed E-state index contributed by atoms with van der Waals surface area (Å²) >= 11 is 0. The molecular weight excluding hydrogens is 330 g/mol. The Morgan fingerprint density at radius 2 is 2.15 bits per heavy atom. The van der Waals surface area contributed by atoms with Gasteiger partial charge in [-0.15, -0.1) is 0 Å². The van der Waals surface area contributed by atoms with Crippen molar-refractivity contribution in [3.05, 3.63) is 59.0 Å². The van der Waals surface area contributed by atoms with Crippen molar-refractivity contribution in [2.45, 2.75) is 39.2 Å². The first-order valence-corrected chi connectivity index (χ1v) is 8.72. The van der Waals surface area contributed by atoms with Gasteiger partial charge in [-0.1, -0.05) is 29.9 Å². The second-order valence-corrected chi connectivity index (χ2v) is 7.21. The molecule has 0 spiro atoms. The molecule has 0 saturated carbocycles. The molecule has 0 saturated heterocycles. The van der Waals surface area contributed by atoms with Gasteiger partial charge in [-0.3, -0.25) is 4.79 Å². The van der Waals surface area contributed by atoms with Crippen LogP contribution in [-0.4, -0.2) is 25.2 Å². The molecule has 0 aromatic heterocycles. The van der Waals surface area contributed by atoms with Gasteiger partial charge in [0.05, 0.1) is 12.8 Å².